The summed E-state index contributed by atoms with van der Waals surface area (Å²) in [4.78, 5) is 0. The van der Waals surface area contributed by atoms with Crippen LogP contribution >= 0.6 is 0 Å². The zero-order chi connectivity index (χ0) is 16.9. The zero-order valence-corrected chi connectivity index (χ0v) is 15.2. The Labute approximate surface area is 146 Å². The molecule has 130 valence electrons. The Morgan fingerprint density at radius 1 is 1.21 bits per heavy atom. The molecule has 2 bridgehead atoms. The lowest BCUT2D eigenvalue weighted by Gasteiger charge is -2.64. The van der Waals surface area contributed by atoms with Crippen LogP contribution in [0.15, 0.2) is 30.3 Å². The molecule has 3 saturated carbocycles. The summed E-state index contributed by atoms with van der Waals surface area (Å²) < 4.78 is 12.7. The van der Waals surface area contributed by atoms with Gasteiger partial charge in [-0.05, 0) is 61.8 Å². The van der Waals surface area contributed by atoms with Crippen LogP contribution in [0.25, 0.3) is 0 Å². The fraction of sp³-hybridized carbons (Fsp3) is 0.700. The number of hydrogen-bond donors (Lipinski definition) is 1. The van der Waals surface area contributed by atoms with Gasteiger partial charge in [-0.2, -0.15) is 0 Å². The summed E-state index contributed by atoms with van der Waals surface area (Å²) >= 11 is 0. The SMILES string of the molecule is CC1(C)[C@@H]2C[C@H]3OB(C(N)CCCc4ccccc4)O[C@@]3(C)[C@H]1C2. The molecule has 1 unspecified atom stereocenters. The molecule has 4 aliphatic rings. The normalized spacial score (nSPS) is 37.7. The topological polar surface area (TPSA) is 44.5 Å². The van der Waals surface area contributed by atoms with E-state index in [-0.39, 0.29) is 24.8 Å². The molecule has 4 fully saturated rings. The lowest BCUT2D eigenvalue weighted by molar-refractivity contribution is -0.199. The Bertz CT molecular complexity index is 593. The molecule has 5 atom stereocenters. The largest absolute Gasteiger partial charge is 0.475 e. The van der Waals surface area contributed by atoms with E-state index in [0.717, 1.165) is 31.6 Å². The van der Waals surface area contributed by atoms with Gasteiger partial charge in [-0.1, -0.05) is 44.2 Å². The maximum absolute atomic E-state index is 6.46. The molecule has 1 aliphatic heterocycles. The molecule has 1 aromatic carbocycles. The minimum atomic E-state index is -0.231. The summed E-state index contributed by atoms with van der Waals surface area (Å²) in [6, 6.07) is 10.6. The zero-order valence-electron chi connectivity index (χ0n) is 15.2. The lowest BCUT2D eigenvalue weighted by atomic mass is 9.43. The number of rotatable bonds is 5. The molecule has 1 heterocycles. The Balaban J connectivity index is 1.33. The van der Waals surface area contributed by atoms with Crippen molar-refractivity contribution in [2.75, 3.05) is 0 Å². The van der Waals surface area contributed by atoms with Crippen LogP contribution in [0.2, 0.25) is 0 Å². The Hall–Kier alpha value is -0.835. The molecular formula is C20H30BNO2. The van der Waals surface area contributed by atoms with E-state index < -0.39 is 0 Å². The highest BCUT2D eigenvalue weighted by Crippen LogP contribution is 2.65. The molecule has 24 heavy (non-hydrogen) atoms. The van der Waals surface area contributed by atoms with Crippen molar-refractivity contribution in [3.05, 3.63) is 35.9 Å². The van der Waals surface area contributed by atoms with Gasteiger partial charge in [-0.15, -0.1) is 0 Å². The number of nitrogens with two attached hydrogens (primary N) is 1. The maximum atomic E-state index is 6.46. The van der Waals surface area contributed by atoms with Crippen LogP contribution in [0.5, 0.6) is 0 Å². The summed E-state index contributed by atoms with van der Waals surface area (Å²) in [5.41, 5.74) is 8.06. The van der Waals surface area contributed by atoms with E-state index >= 15 is 0 Å². The molecule has 0 spiro atoms. The Morgan fingerprint density at radius 3 is 2.67 bits per heavy atom. The highest BCUT2D eigenvalue weighted by Gasteiger charge is 2.68. The fourth-order valence-electron chi connectivity index (χ4n) is 5.41. The molecule has 1 aromatic rings. The van der Waals surface area contributed by atoms with Gasteiger partial charge in [-0.3, -0.25) is 0 Å². The Morgan fingerprint density at radius 2 is 1.96 bits per heavy atom. The molecule has 5 rings (SSSR count). The fourth-order valence-corrected chi connectivity index (χ4v) is 5.41. The summed E-state index contributed by atoms with van der Waals surface area (Å²) in [7, 11) is -0.231. The first-order valence-corrected chi connectivity index (χ1v) is 9.54. The molecule has 4 heteroatoms. The third kappa shape index (κ3) is 2.54. The number of benzene rings is 1. The van der Waals surface area contributed by atoms with Crippen molar-refractivity contribution in [3.63, 3.8) is 0 Å². The first-order chi connectivity index (χ1) is 11.4. The molecule has 0 amide bonds. The van der Waals surface area contributed by atoms with E-state index in [0.29, 0.717) is 11.3 Å². The standard InChI is InChI=1S/C20H30BNO2/c1-19(2)15-12-16(19)20(3)17(13-15)23-21(24-20)18(22)11-7-10-14-8-5-4-6-9-14/h4-6,8-9,15-18H,7,10-13,22H2,1-3H3/t15-,16-,17+,18?,20-/m0/s1. The van der Waals surface area contributed by atoms with E-state index in [4.69, 9.17) is 15.0 Å². The van der Waals surface area contributed by atoms with Gasteiger partial charge in [0.05, 0.1) is 11.7 Å². The second kappa shape index (κ2) is 5.86. The Kier molecular flexibility index (Phi) is 4.06. The van der Waals surface area contributed by atoms with Crippen molar-refractivity contribution in [1.82, 2.24) is 0 Å². The molecule has 0 radical (unpaired) electrons. The quantitative estimate of drug-likeness (QED) is 0.841. The van der Waals surface area contributed by atoms with E-state index in [1.54, 1.807) is 0 Å². The third-order valence-corrected chi connectivity index (χ3v) is 7.16. The van der Waals surface area contributed by atoms with Crippen LogP contribution in [0.1, 0.15) is 52.0 Å². The molecule has 3 aliphatic carbocycles. The van der Waals surface area contributed by atoms with Crippen molar-refractivity contribution in [1.29, 1.82) is 0 Å². The number of aryl methyl sites for hydroxylation is 1. The first kappa shape index (κ1) is 16.6. The third-order valence-electron chi connectivity index (χ3n) is 7.16. The van der Waals surface area contributed by atoms with Gasteiger partial charge < -0.3 is 15.0 Å². The van der Waals surface area contributed by atoms with E-state index in [1.165, 1.54) is 12.0 Å². The van der Waals surface area contributed by atoms with Crippen molar-refractivity contribution >= 4 is 7.12 Å². The van der Waals surface area contributed by atoms with E-state index in [9.17, 15) is 0 Å². The molecule has 2 N–H and O–H groups in total. The van der Waals surface area contributed by atoms with E-state index in [1.807, 2.05) is 0 Å². The summed E-state index contributed by atoms with van der Waals surface area (Å²) in [6.07, 6.45) is 5.75. The predicted octanol–water partition coefficient (Wildman–Crippen LogP) is 3.60. The van der Waals surface area contributed by atoms with E-state index in [2.05, 4.69) is 51.1 Å². The van der Waals surface area contributed by atoms with Crippen molar-refractivity contribution in [2.45, 2.75) is 70.5 Å². The van der Waals surface area contributed by atoms with Crippen molar-refractivity contribution in [3.8, 4) is 0 Å². The smallest absolute Gasteiger partial charge is 0.404 e. The minimum Gasteiger partial charge on any atom is -0.404 e. The minimum absolute atomic E-state index is 0.0311. The van der Waals surface area contributed by atoms with Gasteiger partial charge in [0, 0.05) is 5.94 Å². The molecule has 3 nitrogen and oxygen atoms in total. The summed E-state index contributed by atoms with van der Waals surface area (Å²) in [5, 5.41) is 0. The van der Waals surface area contributed by atoms with Gasteiger partial charge >= 0.3 is 7.12 Å². The second-order valence-corrected chi connectivity index (χ2v) is 8.88. The maximum Gasteiger partial charge on any atom is 0.475 e. The van der Waals surface area contributed by atoms with Crippen LogP contribution in [0.4, 0.5) is 0 Å². The van der Waals surface area contributed by atoms with Crippen molar-refractivity contribution in [2.24, 2.45) is 23.0 Å². The van der Waals surface area contributed by atoms with Gasteiger partial charge in [0.15, 0.2) is 0 Å². The molecule has 1 saturated heterocycles. The number of hydrogen-bond acceptors (Lipinski definition) is 3. The van der Waals surface area contributed by atoms with Crippen LogP contribution < -0.4 is 5.73 Å². The molecule has 0 aromatic heterocycles. The van der Waals surface area contributed by atoms with Gasteiger partial charge in [-0.25, -0.2) is 0 Å². The van der Waals surface area contributed by atoms with Gasteiger partial charge in [0.1, 0.15) is 0 Å². The van der Waals surface area contributed by atoms with Gasteiger partial charge in [0.2, 0.25) is 0 Å². The monoisotopic (exact) mass is 327 g/mol. The predicted molar refractivity (Wildman–Crippen MR) is 97.5 cm³/mol. The average molecular weight is 327 g/mol. The van der Waals surface area contributed by atoms with Crippen LogP contribution in [0, 0.1) is 17.3 Å². The van der Waals surface area contributed by atoms with Crippen LogP contribution in [-0.2, 0) is 15.7 Å². The summed E-state index contributed by atoms with van der Waals surface area (Å²) in [5.74, 6) is 1.36. The van der Waals surface area contributed by atoms with Crippen LogP contribution in [0.3, 0.4) is 0 Å². The average Bonchev–Trinajstić information content (AvgIpc) is 2.92. The highest BCUT2D eigenvalue weighted by atomic mass is 16.7. The highest BCUT2D eigenvalue weighted by molar-refractivity contribution is 6.47. The lowest BCUT2D eigenvalue weighted by Crippen LogP contribution is -2.65. The van der Waals surface area contributed by atoms with Crippen LogP contribution in [-0.4, -0.2) is 24.8 Å². The summed E-state index contributed by atoms with van der Waals surface area (Å²) in [6.45, 7) is 7.05. The first-order valence-electron chi connectivity index (χ1n) is 9.54. The van der Waals surface area contributed by atoms with Crippen molar-refractivity contribution < 1.29 is 9.31 Å². The van der Waals surface area contributed by atoms with Gasteiger partial charge in [0.25, 0.3) is 0 Å². The molecular weight excluding hydrogens is 297 g/mol. The second-order valence-electron chi connectivity index (χ2n) is 8.88.